The van der Waals surface area contributed by atoms with Crippen LogP contribution >= 0.6 is 0 Å². The van der Waals surface area contributed by atoms with E-state index in [0.29, 0.717) is 31.8 Å². The fourth-order valence-electron chi connectivity index (χ4n) is 6.68. The molecule has 3 aliphatic heterocycles. The number of hydrogen-bond acceptors (Lipinski definition) is 8. The number of esters is 1. The van der Waals surface area contributed by atoms with Gasteiger partial charge in [0.2, 0.25) is 0 Å². The molecule has 2 fully saturated rings. The van der Waals surface area contributed by atoms with Gasteiger partial charge in [0.1, 0.15) is 11.7 Å². The van der Waals surface area contributed by atoms with E-state index in [1.54, 1.807) is 25.0 Å². The van der Waals surface area contributed by atoms with Crippen LogP contribution in [0.3, 0.4) is 0 Å². The minimum Gasteiger partial charge on any atom is -0.457 e. The minimum absolute atomic E-state index is 0.00461. The number of aliphatic hydroxyl groups is 1. The minimum atomic E-state index is -1.28. The van der Waals surface area contributed by atoms with Gasteiger partial charge in [0.25, 0.3) is 0 Å². The summed E-state index contributed by atoms with van der Waals surface area (Å²) in [5.41, 5.74) is -0.449. The van der Waals surface area contributed by atoms with Crippen molar-refractivity contribution in [1.82, 2.24) is 9.80 Å². The van der Waals surface area contributed by atoms with Gasteiger partial charge < -0.3 is 33.9 Å². The number of ether oxygens (including phenoxy) is 4. The van der Waals surface area contributed by atoms with Crippen LogP contribution in [-0.2, 0) is 23.7 Å². The van der Waals surface area contributed by atoms with Gasteiger partial charge in [-0.2, -0.15) is 0 Å². The Morgan fingerprint density at radius 3 is 2.52 bits per heavy atom. The van der Waals surface area contributed by atoms with Crippen LogP contribution in [0, 0.1) is 23.2 Å². The lowest BCUT2D eigenvalue weighted by Gasteiger charge is -2.36. The SMILES string of the molecule is CC[C@H](OC)[C@@H](C)[C@H]1O[C@@H]1CC(C)(C)/C=C/C=C(\C)[C@H]1OC(=O)C[C@H](C)CC[C@@](C)(O)[C@@H](OC(=O)N2CCN(C)CC2)/C=C/[C@@H]1C. The standard InChI is InChI=1S/C37H62N2O7/c1-11-29(43-10)28(5)34-30(44-34)24-36(6,7)17-12-13-26(3)33-27(4)14-15-31(45-35(41)39-21-19-38(9)20-22-39)37(8,42)18-16-25(2)23-32(40)46-33/h12-15,17,25,27-31,33-34,42H,11,16,18-24H2,1-10H3/b15-14+,17-12+,26-13+/t25-,27+,28-,29+,30-,31+,33-,34-,37-/m1/s1. The average Bonchev–Trinajstić information content (AvgIpc) is 3.75. The Bertz CT molecular complexity index is 1090. The van der Waals surface area contributed by atoms with Crippen LogP contribution in [0.15, 0.2) is 36.0 Å². The van der Waals surface area contributed by atoms with Gasteiger partial charge in [-0.15, -0.1) is 0 Å². The number of likely N-dealkylation sites (N-methyl/N-ethyl adjacent to an activating group) is 1. The van der Waals surface area contributed by atoms with Crippen LogP contribution in [0.5, 0.6) is 0 Å². The molecular formula is C37H62N2O7. The van der Waals surface area contributed by atoms with Gasteiger partial charge in [0.15, 0.2) is 6.10 Å². The molecule has 3 rings (SSSR count). The van der Waals surface area contributed by atoms with Gasteiger partial charge in [-0.05, 0) is 69.6 Å². The summed E-state index contributed by atoms with van der Waals surface area (Å²) in [7, 11) is 3.80. The number of carbonyl (C=O) groups is 2. The summed E-state index contributed by atoms with van der Waals surface area (Å²) >= 11 is 0. The van der Waals surface area contributed by atoms with Gasteiger partial charge in [-0.1, -0.05) is 65.8 Å². The number of cyclic esters (lactones) is 1. The van der Waals surface area contributed by atoms with E-state index >= 15 is 0 Å². The zero-order valence-corrected chi connectivity index (χ0v) is 30.2. The molecule has 0 saturated carbocycles. The second-order valence-corrected chi connectivity index (χ2v) is 15.1. The zero-order chi connectivity index (χ0) is 34.2. The van der Waals surface area contributed by atoms with E-state index in [4.69, 9.17) is 18.9 Å². The summed E-state index contributed by atoms with van der Waals surface area (Å²) < 4.78 is 23.7. The highest BCUT2D eigenvalue weighted by Gasteiger charge is 2.47. The summed E-state index contributed by atoms with van der Waals surface area (Å²) in [5, 5.41) is 11.5. The van der Waals surface area contributed by atoms with Crippen LogP contribution in [0.4, 0.5) is 4.79 Å². The molecule has 1 N–H and O–H groups in total. The number of methoxy groups -OCH3 is 1. The van der Waals surface area contributed by atoms with Gasteiger partial charge in [-0.25, -0.2) is 4.79 Å². The molecule has 9 atom stereocenters. The lowest BCUT2D eigenvalue weighted by Crippen LogP contribution is -2.50. The largest absolute Gasteiger partial charge is 0.457 e. The van der Waals surface area contributed by atoms with E-state index in [-0.39, 0.29) is 48.0 Å². The molecule has 0 aromatic rings. The van der Waals surface area contributed by atoms with Gasteiger partial charge in [0, 0.05) is 51.5 Å². The predicted molar refractivity (Wildman–Crippen MR) is 181 cm³/mol. The second kappa shape index (κ2) is 16.8. The molecule has 0 radical (unpaired) electrons. The van der Waals surface area contributed by atoms with Gasteiger partial charge >= 0.3 is 12.1 Å². The molecule has 0 bridgehead atoms. The maximum absolute atomic E-state index is 13.1. The molecule has 2 saturated heterocycles. The molecule has 262 valence electrons. The first-order valence-electron chi connectivity index (χ1n) is 17.4. The molecular weight excluding hydrogens is 584 g/mol. The monoisotopic (exact) mass is 646 g/mol. The fourth-order valence-corrected chi connectivity index (χ4v) is 6.68. The molecule has 9 nitrogen and oxygen atoms in total. The van der Waals surface area contributed by atoms with Crippen LogP contribution in [0.25, 0.3) is 0 Å². The summed E-state index contributed by atoms with van der Waals surface area (Å²) in [6.07, 6.45) is 12.0. The second-order valence-electron chi connectivity index (χ2n) is 15.1. The number of hydrogen-bond donors (Lipinski definition) is 1. The third-order valence-electron chi connectivity index (χ3n) is 10.1. The molecule has 0 aromatic heterocycles. The number of allylic oxidation sites excluding steroid dienone is 3. The number of carbonyl (C=O) groups excluding carboxylic acids is 2. The Morgan fingerprint density at radius 1 is 1.22 bits per heavy atom. The van der Waals surface area contributed by atoms with Crippen molar-refractivity contribution in [3.05, 3.63) is 36.0 Å². The number of piperazine rings is 1. The Balaban J connectivity index is 1.74. The first kappa shape index (κ1) is 38.2. The topological polar surface area (TPSA) is 101 Å². The third-order valence-corrected chi connectivity index (χ3v) is 10.1. The van der Waals surface area contributed by atoms with Crippen molar-refractivity contribution in [2.24, 2.45) is 23.2 Å². The van der Waals surface area contributed by atoms with Crippen LogP contribution < -0.4 is 0 Å². The van der Waals surface area contributed by atoms with Gasteiger partial charge in [0.05, 0.1) is 18.3 Å². The van der Waals surface area contributed by atoms with E-state index in [2.05, 4.69) is 44.7 Å². The first-order chi connectivity index (χ1) is 21.6. The maximum Gasteiger partial charge on any atom is 0.410 e. The van der Waals surface area contributed by atoms with Crippen molar-refractivity contribution in [3.63, 3.8) is 0 Å². The molecule has 1 amide bonds. The Kier molecular flexibility index (Phi) is 13.9. The molecule has 46 heavy (non-hydrogen) atoms. The molecule has 0 aromatic carbocycles. The Labute approximate surface area is 278 Å². The normalized spacial score (nSPS) is 34.3. The molecule has 3 aliphatic rings. The smallest absolute Gasteiger partial charge is 0.410 e. The quantitative estimate of drug-likeness (QED) is 0.130. The Hall–Kier alpha value is -2.20. The number of rotatable bonds is 10. The average molecular weight is 647 g/mol. The van der Waals surface area contributed by atoms with E-state index in [1.807, 2.05) is 40.0 Å². The number of nitrogens with zero attached hydrogens (tertiary/aromatic N) is 2. The van der Waals surface area contributed by atoms with Gasteiger partial charge in [-0.3, -0.25) is 4.79 Å². The van der Waals surface area contributed by atoms with E-state index in [0.717, 1.165) is 31.5 Å². The van der Waals surface area contributed by atoms with E-state index < -0.39 is 23.9 Å². The Morgan fingerprint density at radius 2 is 1.89 bits per heavy atom. The summed E-state index contributed by atoms with van der Waals surface area (Å²) in [5.74, 6) is -0.106. The zero-order valence-electron chi connectivity index (χ0n) is 30.2. The lowest BCUT2D eigenvalue weighted by molar-refractivity contribution is -0.150. The molecule has 3 heterocycles. The molecule has 9 heteroatoms. The molecule has 0 spiro atoms. The fraction of sp³-hybridized carbons (Fsp3) is 0.784. The van der Waals surface area contributed by atoms with Crippen molar-refractivity contribution in [1.29, 1.82) is 0 Å². The highest BCUT2D eigenvalue weighted by atomic mass is 16.6. The van der Waals surface area contributed by atoms with Crippen molar-refractivity contribution in [2.45, 2.75) is 124 Å². The van der Waals surface area contributed by atoms with Crippen molar-refractivity contribution in [2.75, 3.05) is 40.3 Å². The number of amides is 1. The van der Waals surface area contributed by atoms with Crippen LogP contribution in [-0.4, -0.2) is 103 Å². The van der Waals surface area contributed by atoms with Crippen LogP contribution in [0.1, 0.15) is 87.5 Å². The first-order valence-corrected chi connectivity index (χ1v) is 17.4. The summed E-state index contributed by atoms with van der Waals surface area (Å²) in [4.78, 5) is 30.0. The maximum atomic E-state index is 13.1. The highest BCUT2D eigenvalue weighted by Crippen LogP contribution is 2.41. The molecule has 0 unspecified atom stereocenters. The van der Waals surface area contributed by atoms with Crippen LogP contribution in [0.2, 0.25) is 0 Å². The van der Waals surface area contributed by atoms with E-state index in [1.165, 1.54) is 0 Å². The molecule has 0 aliphatic carbocycles. The predicted octanol–water partition coefficient (Wildman–Crippen LogP) is 6.16. The number of epoxide rings is 1. The lowest BCUT2D eigenvalue weighted by atomic mass is 9.84. The van der Waals surface area contributed by atoms with Crippen molar-refractivity contribution < 1.29 is 33.6 Å². The van der Waals surface area contributed by atoms with E-state index in [9.17, 15) is 14.7 Å². The van der Waals surface area contributed by atoms with Crippen molar-refractivity contribution >= 4 is 12.1 Å². The highest BCUT2D eigenvalue weighted by molar-refractivity contribution is 5.70. The van der Waals surface area contributed by atoms with Crippen molar-refractivity contribution in [3.8, 4) is 0 Å². The third kappa shape index (κ3) is 11.2. The summed E-state index contributed by atoms with van der Waals surface area (Å²) in [6.45, 7) is 19.2. The summed E-state index contributed by atoms with van der Waals surface area (Å²) in [6, 6.07) is 0.